The molecule has 4 aromatic rings. The number of anilines is 1. The van der Waals surface area contributed by atoms with E-state index in [0.29, 0.717) is 30.5 Å². The van der Waals surface area contributed by atoms with Crippen LogP contribution in [0, 0.1) is 11.3 Å². The van der Waals surface area contributed by atoms with Crippen LogP contribution in [-0.4, -0.2) is 53.1 Å². The van der Waals surface area contributed by atoms with Crippen molar-refractivity contribution in [3.63, 3.8) is 0 Å². The first-order valence-corrected chi connectivity index (χ1v) is 12.7. The first-order chi connectivity index (χ1) is 18.2. The second kappa shape index (κ2) is 11.8. The van der Waals surface area contributed by atoms with Crippen LogP contribution in [0.3, 0.4) is 0 Å². The molecule has 3 heterocycles. The number of aromatic nitrogens is 3. The van der Waals surface area contributed by atoms with E-state index in [-0.39, 0.29) is 0 Å². The molecule has 10 heteroatoms. The molecule has 0 N–H and O–H groups in total. The summed E-state index contributed by atoms with van der Waals surface area (Å²) in [5, 5.41) is 9.09. The summed E-state index contributed by atoms with van der Waals surface area (Å²) >= 11 is 1.51. The Labute approximate surface area is 219 Å². The van der Waals surface area contributed by atoms with E-state index in [9.17, 15) is 0 Å². The van der Waals surface area contributed by atoms with Gasteiger partial charge in [-0.2, -0.15) is 10.2 Å². The van der Waals surface area contributed by atoms with Gasteiger partial charge in [-0.25, -0.2) is 9.97 Å². The van der Waals surface area contributed by atoms with Gasteiger partial charge < -0.3 is 18.8 Å². The number of hydrogen-bond donors (Lipinski definition) is 0. The van der Waals surface area contributed by atoms with Crippen molar-refractivity contribution in [1.29, 1.82) is 5.26 Å². The number of nitrogens with zero attached hydrogens (tertiary/aromatic N) is 6. The van der Waals surface area contributed by atoms with Gasteiger partial charge >= 0.3 is 0 Å². The maximum absolute atomic E-state index is 9.09. The SMILES string of the molecule is COc1cccc(COc2nc(N3CCN(Cc4ncco4)CC3)ncc2Sc2ccc(C#N)cc2)c1. The van der Waals surface area contributed by atoms with E-state index in [0.717, 1.165) is 53.2 Å². The van der Waals surface area contributed by atoms with Crippen LogP contribution in [0.2, 0.25) is 0 Å². The van der Waals surface area contributed by atoms with Crippen molar-refractivity contribution < 1.29 is 13.9 Å². The Balaban J connectivity index is 1.32. The lowest BCUT2D eigenvalue weighted by atomic mass is 10.2. The number of ether oxygens (including phenoxy) is 2. The van der Waals surface area contributed by atoms with Crippen molar-refractivity contribution in [1.82, 2.24) is 19.9 Å². The van der Waals surface area contributed by atoms with Crippen LogP contribution in [0.1, 0.15) is 17.0 Å². The second-order valence-corrected chi connectivity index (χ2v) is 9.52. The zero-order valence-electron chi connectivity index (χ0n) is 20.4. The summed E-state index contributed by atoms with van der Waals surface area (Å²) in [6.45, 7) is 4.33. The number of benzene rings is 2. The highest BCUT2D eigenvalue weighted by Gasteiger charge is 2.22. The molecule has 2 aromatic carbocycles. The first kappa shape index (κ1) is 24.6. The van der Waals surface area contributed by atoms with Gasteiger partial charge in [0.25, 0.3) is 0 Å². The molecule has 0 radical (unpaired) electrons. The number of oxazole rings is 1. The Kier molecular flexibility index (Phi) is 7.84. The molecule has 2 aromatic heterocycles. The average molecular weight is 515 g/mol. The Hall–Kier alpha value is -4.07. The van der Waals surface area contributed by atoms with Gasteiger partial charge in [0.05, 0.1) is 42.6 Å². The zero-order chi connectivity index (χ0) is 25.5. The van der Waals surface area contributed by atoms with Crippen molar-refractivity contribution in [3.05, 3.63) is 84.2 Å². The molecule has 0 spiro atoms. The quantitative estimate of drug-likeness (QED) is 0.319. The van der Waals surface area contributed by atoms with Crippen LogP contribution in [0.5, 0.6) is 11.6 Å². The predicted molar refractivity (Wildman–Crippen MR) is 139 cm³/mol. The standard InChI is InChI=1S/C27H26N6O3S/c1-34-22-4-2-3-21(15-22)19-36-26-24(37-23-7-5-20(16-28)6-8-23)17-30-27(31-26)33-12-10-32(11-13-33)18-25-29-9-14-35-25/h2-9,14-15,17H,10-13,18-19H2,1H3. The maximum atomic E-state index is 9.09. The minimum absolute atomic E-state index is 0.346. The summed E-state index contributed by atoms with van der Waals surface area (Å²) in [6.07, 6.45) is 5.08. The zero-order valence-corrected chi connectivity index (χ0v) is 21.2. The number of hydrogen-bond acceptors (Lipinski definition) is 10. The van der Waals surface area contributed by atoms with Crippen LogP contribution in [-0.2, 0) is 13.2 Å². The fourth-order valence-electron chi connectivity index (χ4n) is 3.94. The second-order valence-electron chi connectivity index (χ2n) is 8.41. The molecule has 188 valence electrons. The highest BCUT2D eigenvalue weighted by Crippen LogP contribution is 2.35. The Morgan fingerprint density at radius 2 is 1.92 bits per heavy atom. The third-order valence-electron chi connectivity index (χ3n) is 5.93. The monoisotopic (exact) mass is 514 g/mol. The molecule has 0 unspecified atom stereocenters. The third kappa shape index (κ3) is 6.39. The molecule has 0 amide bonds. The van der Waals surface area contributed by atoms with Gasteiger partial charge in [-0.3, -0.25) is 4.90 Å². The molecule has 0 saturated carbocycles. The fraction of sp³-hybridized carbons (Fsp3) is 0.259. The van der Waals surface area contributed by atoms with Gasteiger partial charge in [0.1, 0.15) is 18.6 Å². The van der Waals surface area contributed by atoms with Gasteiger partial charge in [-0.15, -0.1) is 0 Å². The molecule has 0 aliphatic carbocycles. The molecule has 5 rings (SSSR count). The first-order valence-electron chi connectivity index (χ1n) is 11.9. The summed E-state index contributed by atoms with van der Waals surface area (Å²) in [7, 11) is 1.65. The van der Waals surface area contributed by atoms with Gasteiger partial charge in [-0.1, -0.05) is 23.9 Å². The van der Waals surface area contributed by atoms with Crippen LogP contribution >= 0.6 is 11.8 Å². The van der Waals surface area contributed by atoms with E-state index in [1.54, 1.807) is 31.7 Å². The summed E-state index contributed by atoms with van der Waals surface area (Å²) in [5.74, 6) is 2.66. The number of methoxy groups -OCH3 is 1. The minimum atomic E-state index is 0.346. The van der Waals surface area contributed by atoms with E-state index < -0.39 is 0 Å². The van der Waals surface area contributed by atoms with E-state index in [2.05, 4.69) is 25.8 Å². The van der Waals surface area contributed by atoms with Crippen molar-refractivity contribution in [2.45, 2.75) is 22.9 Å². The van der Waals surface area contributed by atoms with Crippen molar-refractivity contribution >= 4 is 17.7 Å². The fourth-order valence-corrected chi connectivity index (χ4v) is 4.76. The predicted octanol–water partition coefficient (Wildman–Crippen LogP) is 4.40. The van der Waals surface area contributed by atoms with Crippen LogP contribution in [0.25, 0.3) is 0 Å². The molecular formula is C27H26N6O3S. The Bertz CT molecular complexity index is 1350. The molecule has 1 aliphatic rings. The molecular weight excluding hydrogens is 488 g/mol. The normalized spacial score (nSPS) is 13.8. The minimum Gasteiger partial charge on any atom is -0.497 e. The van der Waals surface area contributed by atoms with E-state index in [1.165, 1.54) is 11.8 Å². The van der Waals surface area contributed by atoms with Crippen molar-refractivity contribution in [2.75, 3.05) is 38.2 Å². The highest BCUT2D eigenvalue weighted by molar-refractivity contribution is 7.99. The lowest BCUT2D eigenvalue weighted by molar-refractivity contribution is 0.224. The van der Waals surface area contributed by atoms with Crippen LogP contribution in [0.4, 0.5) is 5.95 Å². The molecule has 1 fully saturated rings. The summed E-state index contributed by atoms with van der Waals surface area (Å²) in [6, 6.07) is 17.3. The molecule has 9 nitrogen and oxygen atoms in total. The molecule has 1 saturated heterocycles. The number of piperazine rings is 1. The third-order valence-corrected chi connectivity index (χ3v) is 6.94. The van der Waals surface area contributed by atoms with Gasteiger partial charge in [-0.05, 0) is 42.0 Å². The smallest absolute Gasteiger partial charge is 0.232 e. The number of rotatable bonds is 9. The molecule has 1 aliphatic heterocycles. The summed E-state index contributed by atoms with van der Waals surface area (Å²) in [5.41, 5.74) is 1.60. The molecule has 0 atom stereocenters. The summed E-state index contributed by atoms with van der Waals surface area (Å²) < 4.78 is 16.9. The summed E-state index contributed by atoms with van der Waals surface area (Å²) in [4.78, 5) is 20.0. The molecule has 37 heavy (non-hydrogen) atoms. The largest absolute Gasteiger partial charge is 0.497 e. The Morgan fingerprint density at radius 1 is 1.08 bits per heavy atom. The van der Waals surface area contributed by atoms with E-state index >= 15 is 0 Å². The number of nitriles is 1. The van der Waals surface area contributed by atoms with Gasteiger partial charge in [0, 0.05) is 31.1 Å². The van der Waals surface area contributed by atoms with Gasteiger partial charge in [0.2, 0.25) is 17.7 Å². The van der Waals surface area contributed by atoms with Crippen molar-refractivity contribution in [2.24, 2.45) is 0 Å². The maximum Gasteiger partial charge on any atom is 0.232 e. The van der Waals surface area contributed by atoms with Crippen molar-refractivity contribution in [3.8, 4) is 17.7 Å². The van der Waals surface area contributed by atoms with E-state index in [4.69, 9.17) is 24.1 Å². The Morgan fingerprint density at radius 3 is 2.65 bits per heavy atom. The lowest BCUT2D eigenvalue weighted by Gasteiger charge is -2.34. The van der Waals surface area contributed by atoms with E-state index in [1.807, 2.05) is 42.6 Å². The lowest BCUT2D eigenvalue weighted by Crippen LogP contribution is -2.46. The average Bonchev–Trinajstić information content (AvgIpc) is 3.46. The van der Waals surface area contributed by atoms with Gasteiger partial charge in [0.15, 0.2) is 0 Å². The van der Waals surface area contributed by atoms with Crippen LogP contribution in [0.15, 0.2) is 81.4 Å². The van der Waals surface area contributed by atoms with Crippen LogP contribution < -0.4 is 14.4 Å². The highest BCUT2D eigenvalue weighted by atomic mass is 32.2. The topological polar surface area (TPSA) is 101 Å². The molecule has 0 bridgehead atoms.